The van der Waals surface area contributed by atoms with E-state index in [9.17, 15) is 10.1 Å². The van der Waals surface area contributed by atoms with Crippen molar-refractivity contribution in [2.75, 3.05) is 7.05 Å². The zero-order valence-corrected chi connectivity index (χ0v) is 11.9. The van der Waals surface area contributed by atoms with Crippen molar-refractivity contribution in [3.63, 3.8) is 0 Å². The summed E-state index contributed by atoms with van der Waals surface area (Å²) >= 11 is 0. The molecule has 0 aliphatic carbocycles. The van der Waals surface area contributed by atoms with Gasteiger partial charge >= 0.3 is 0 Å². The van der Waals surface area contributed by atoms with Crippen molar-refractivity contribution < 1.29 is 4.92 Å². The van der Waals surface area contributed by atoms with Crippen molar-refractivity contribution in [1.29, 1.82) is 0 Å². The lowest BCUT2D eigenvalue weighted by Gasteiger charge is -2.11. The van der Waals surface area contributed by atoms with Gasteiger partial charge in [-0.3, -0.25) is 15.1 Å². The monoisotopic (exact) mass is 274 g/mol. The van der Waals surface area contributed by atoms with E-state index in [1.165, 1.54) is 0 Å². The molecule has 1 N–H and O–H groups in total. The van der Waals surface area contributed by atoms with Crippen molar-refractivity contribution in [3.8, 4) is 0 Å². The lowest BCUT2D eigenvalue weighted by molar-refractivity contribution is -0.386. The first kappa shape index (κ1) is 14.2. The number of aryl methyl sites for hydroxylation is 1. The Kier molecular flexibility index (Phi) is 4.14. The molecular weight excluding hydrogens is 256 g/mol. The standard InChI is InChI=1S/C14H18N4O2/c1-10-7-16-13(11(2)14(10)18(19)20)9-17-6-4-5-12(17)8-15-3/h4-7,15H,8-9H2,1-3H3. The fourth-order valence-electron chi connectivity index (χ4n) is 2.31. The van der Waals surface area contributed by atoms with Crippen LogP contribution in [0.2, 0.25) is 0 Å². The topological polar surface area (TPSA) is 73.0 Å². The van der Waals surface area contributed by atoms with Crippen molar-refractivity contribution in [3.05, 3.63) is 57.2 Å². The van der Waals surface area contributed by atoms with Gasteiger partial charge in [-0.05, 0) is 33.0 Å². The van der Waals surface area contributed by atoms with Gasteiger partial charge < -0.3 is 9.88 Å². The molecule has 0 radical (unpaired) electrons. The molecule has 0 spiro atoms. The molecule has 0 saturated heterocycles. The SMILES string of the molecule is CNCc1cccn1Cc1ncc(C)c([N+](=O)[O-])c1C. The molecule has 0 amide bonds. The largest absolute Gasteiger partial charge is 0.344 e. The number of hydrogen-bond donors (Lipinski definition) is 1. The fraction of sp³-hybridized carbons (Fsp3) is 0.357. The van der Waals surface area contributed by atoms with E-state index in [2.05, 4.69) is 10.3 Å². The lowest BCUT2D eigenvalue weighted by Crippen LogP contribution is -2.13. The van der Waals surface area contributed by atoms with Crippen LogP contribution in [0.25, 0.3) is 0 Å². The van der Waals surface area contributed by atoms with Crippen molar-refractivity contribution >= 4 is 5.69 Å². The summed E-state index contributed by atoms with van der Waals surface area (Å²) in [5.41, 5.74) is 3.25. The van der Waals surface area contributed by atoms with Crippen LogP contribution >= 0.6 is 0 Å². The molecule has 20 heavy (non-hydrogen) atoms. The molecule has 2 aromatic heterocycles. The van der Waals surface area contributed by atoms with Crippen LogP contribution < -0.4 is 5.32 Å². The Labute approximate surface area is 117 Å². The zero-order valence-electron chi connectivity index (χ0n) is 11.9. The Hall–Kier alpha value is -2.21. The minimum Gasteiger partial charge on any atom is -0.344 e. The summed E-state index contributed by atoms with van der Waals surface area (Å²) in [7, 11) is 1.89. The van der Waals surface area contributed by atoms with Crippen LogP contribution in [-0.2, 0) is 13.1 Å². The average molecular weight is 274 g/mol. The molecule has 0 bridgehead atoms. The van der Waals surface area contributed by atoms with Crippen LogP contribution in [0.1, 0.15) is 22.5 Å². The summed E-state index contributed by atoms with van der Waals surface area (Å²) in [6, 6.07) is 3.99. The minimum atomic E-state index is -0.333. The van der Waals surface area contributed by atoms with Crippen LogP contribution in [0.3, 0.4) is 0 Å². The molecule has 106 valence electrons. The number of aromatic nitrogens is 2. The molecule has 6 heteroatoms. The van der Waals surface area contributed by atoms with E-state index < -0.39 is 0 Å². The van der Waals surface area contributed by atoms with Gasteiger partial charge in [0.15, 0.2) is 0 Å². The van der Waals surface area contributed by atoms with Gasteiger partial charge in [0, 0.05) is 30.2 Å². The second-order valence-corrected chi connectivity index (χ2v) is 4.78. The number of nitrogens with one attached hydrogen (secondary N) is 1. The molecule has 0 aliphatic rings. The van der Waals surface area contributed by atoms with Crippen molar-refractivity contribution in [2.24, 2.45) is 0 Å². The maximum absolute atomic E-state index is 11.1. The third kappa shape index (κ3) is 2.70. The third-order valence-electron chi connectivity index (χ3n) is 3.36. The van der Waals surface area contributed by atoms with E-state index in [1.54, 1.807) is 20.0 Å². The smallest absolute Gasteiger partial charge is 0.278 e. The predicted molar refractivity (Wildman–Crippen MR) is 76.7 cm³/mol. The molecule has 0 atom stereocenters. The Bertz CT molecular complexity index is 634. The first-order valence-electron chi connectivity index (χ1n) is 6.42. The summed E-state index contributed by atoms with van der Waals surface area (Å²) in [4.78, 5) is 15.1. The van der Waals surface area contributed by atoms with Gasteiger partial charge in [-0.15, -0.1) is 0 Å². The van der Waals surface area contributed by atoms with Gasteiger partial charge in [-0.1, -0.05) is 0 Å². The minimum absolute atomic E-state index is 0.164. The predicted octanol–water partition coefficient (Wildman–Crippen LogP) is 2.18. The van der Waals surface area contributed by atoms with Gasteiger partial charge in [0.2, 0.25) is 0 Å². The summed E-state index contributed by atoms with van der Waals surface area (Å²) < 4.78 is 2.05. The summed E-state index contributed by atoms with van der Waals surface area (Å²) in [6.45, 7) is 4.76. The molecule has 6 nitrogen and oxygen atoms in total. The molecule has 0 fully saturated rings. The van der Waals surface area contributed by atoms with E-state index in [1.807, 2.05) is 29.9 Å². The lowest BCUT2D eigenvalue weighted by atomic mass is 10.1. The van der Waals surface area contributed by atoms with E-state index in [-0.39, 0.29) is 10.6 Å². The summed E-state index contributed by atoms with van der Waals surface area (Å²) in [5.74, 6) is 0. The maximum Gasteiger partial charge on any atom is 0.278 e. The Morgan fingerprint density at radius 1 is 1.45 bits per heavy atom. The molecular formula is C14H18N4O2. The highest BCUT2D eigenvalue weighted by Crippen LogP contribution is 2.24. The first-order chi connectivity index (χ1) is 9.54. The van der Waals surface area contributed by atoms with Gasteiger partial charge in [0.25, 0.3) is 5.69 Å². The molecule has 2 rings (SSSR count). The Morgan fingerprint density at radius 3 is 2.85 bits per heavy atom. The maximum atomic E-state index is 11.1. The number of nitrogens with zero attached hydrogens (tertiary/aromatic N) is 3. The van der Waals surface area contributed by atoms with Crippen LogP contribution in [0, 0.1) is 24.0 Å². The number of pyridine rings is 1. The van der Waals surface area contributed by atoms with Gasteiger partial charge in [0.1, 0.15) is 0 Å². The quantitative estimate of drug-likeness (QED) is 0.670. The summed E-state index contributed by atoms with van der Waals surface area (Å²) in [5, 5.41) is 14.2. The van der Waals surface area contributed by atoms with E-state index in [4.69, 9.17) is 0 Å². The molecule has 0 saturated carbocycles. The summed E-state index contributed by atoms with van der Waals surface area (Å²) in [6.07, 6.45) is 3.53. The van der Waals surface area contributed by atoms with Crippen LogP contribution in [0.5, 0.6) is 0 Å². The van der Waals surface area contributed by atoms with E-state index in [0.29, 0.717) is 17.7 Å². The molecule has 2 aromatic rings. The molecule has 0 aliphatic heterocycles. The third-order valence-corrected chi connectivity index (χ3v) is 3.36. The highest BCUT2D eigenvalue weighted by Gasteiger charge is 2.19. The van der Waals surface area contributed by atoms with Gasteiger partial charge in [0.05, 0.1) is 22.7 Å². The Morgan fingerprint density at radius 2 is 2.20 bits per heavy atom. The van der Waals surface area contributed by atoms with Crippen molar-refractivity contribution in [1.82, 2.24) is 14.9 Å². The van der Waals surface area contributed by atoms with E-state index in [0.717, 1.165) is 17.9 Å². The van der Waals surface area contributed by atoms with Crippen LogP contribution in [0.4, 0.5) is 5.69 Å². The van der Waals surface area contributed by atoms with Crippen LogP contribution in [0.15, 0.2) is 24.5 Å². The highest BCUT2D eigenvalue weighted by molar-refractivity contribution is 5.47. The van der Waals surface area contributed by atoms with Crippen LogP contribution in [-0.4, -0.2) is 21.5 Å². The average Bonchev–Trinajstić information content (AvgIpc) is 2.80. The number of rotatable bonds is 5. The zero-order chi connectivity index (χ0) is 14.7. The molecule has 0 aromatic carbocycles. The first-order valence-corrected chi connectivity index (χ1v) is 6.42. The van der Waals surface area contributed by atoms with Gasteiger partial charge in [-0.2, -0.15) is 0 Å². The fourth-order valence-corrected chi connectivity index (χ4v) is 2.31. The second-order valence-electron chi connectivity index (χ2n) is 4.78. The molecule has 2 heterocycles. The van der Waals surface area contributed by atoms with Crippen molar-refractivity contribution in [2.45, 2.75) is 26.9 Å². The second kappa shape index (κ2) is 5.83. The molecule has 0 unspecified atom stereocenters. The number of hydrogen-bond acceptors (Lipinski definition) is 4. The highest BCUT2D eigenvalue weighted by atomic mass is 16.6. The van der Waals surface area contributed by atoms with Gasteiger partial charge in [-0.25, -0.2) is 0 Å². The normalized spacial score (nSPS) is 10.8. The Balaban J connectivity index is 2.37. The van der Waals surface area contributed by atoms with E-state index >= 15 is 0 Å². The number of nitro groups is 1.